The molecule has 108 heavy (non-hydrogen) atoms. The van der Waals surface area contributed by atoms with Crippen molar-refractivity contribution in [3.8, 4) is 0 Å². The first-order chi connectivity index (χ1) is 52.4. The van der Waals surface area contributed by atoms with Crippen molar-refractivity contribution in [1.29, 1.82) is 0 Å². The van der Waals surface area contributed by atoms with Gasteiger partial charge in [0.25, 0.3) is 0 Å². The molecule has 40 nitrogen and oxygen atoms in total. The summed E-state index contributed by atoms with van der Waals surface area (Å²) in [5.74, 6) is -0.572. The molecule has 12 unspecified atom stereocenters. The molecule has 0 amide bonds. The van der Waals surface area contributed by atoms with Gasteiger partial charge in [-0.15, -0.1) is 0 Å². The lowest BCUT2D eigenvalue weighted by atomic mass is 9.90. The largest absolute Gasteiger partial charge is 0.394 e. The molecule has 6 saturated heterocycles. The van der Waals surface area contributed by atoms with Crippen LogP contribution >= 0.6 is 0 Å². The minimum Gasteiger partial charge on any atom is -0.394 e. The Kier molecular flexibility index (Phi) is 47.3. The summed E-state index contributed by atoms with van der Waals surface area (Å²) in [5.41, 5.74) is 0. The molecular weight excluding hydrogens is 1460 g/mol. The SMILES string of the molecule is CCCOC1C(O)[C@H](O[C@@H]2C(O)C(O)[C@@H](O[C@H]3C(O)C(OCCOC)[C@H](O[C@@H]4C(OCCOC)C(O)[C@@H](C)O[C@@H]4CO)O[C@H]3COCCOCCO)O[C@@H]2COCCOCCO)O[C@@H](COCCOCCO)[C@H]1O[C@H]1O[C@H](CO)[C@H](O[C@@H]2O[C@@H](COCCOCC)[C@@H](C)C(O)C2OCCOCCO)C(OC)C1O. The standard InChI is InChI=1S/C68H126O40/c1-8-14-94-61-53(81)66(102-46(38-93-28-24-88-17-12-71)58(61)106-65-52(80)59(84-7)56(42(34-74)99-65)107-67-62(97-32-29-89-18-13-72)47(75)39(3)43(100-67)35-90-25-21-85-9-2)104-54-44(36-91-26-22-86-15-10-69)101-64(50(78)49(54)77)105-55-45(37-92-27-23-87-16-11-70)103-68(63(51(55)79)96-31-20-83-6)108-57-41(33-73)98-40(4)48(76)60(57)95-30-19-82-5/h39-81H,8-38H2,1-7H3/t39-,40-,41-,42-,43+,44-,45+,46+,47?,48?,49?,50?,51?,52?,53?,54+,55-,56+,57+,58-,59?,60?,61?,62?,63?,64-,65-,66+,67+,68+/m1/s1. The second kappa shape index (κ2) is 53.6. The Balaban J connectivity index is 1.30. The fraction of sp³-hybridized carbons (Fsp3) is 1.00. The fourth-order valence-electron chi connectivity index (χ4n) is 12.9. The molecule has 0 aromatic carbocycles. The quantitative estimate of drug-likeness (QED) is 0.0252. The molecule has 6 rings (SSSR count). The van der Waals surface area contributed by atoms with Gasteiger partial charge in [-0.3, -0.25) is 0 Å². The van der Waals surface area contributed by atoms with Gasteiger partial charge in [0.05, 0.1) is 203 Å². The van der Waals surface area contributed by atoms with Crippen molar-refractivity contribution in [2.75, 3.05) is 220 Å². The maximum absolute atomic E-state index is 12.6. The van der Waals surface area contributed by atoms with Crippen molar-refractivity contribution in [3.63, 3.8) is 0 Å². The molecule has 6 heterocycles. The van der Waals surface area contributed by atoms with Crippen LogP contribution in [0.4, 0.5) is 0 Å². The summed E-state index contributed by atoms with van der Waals surface area (Å²) in [7, 11) is 4.15. The van der Waals surface area contributed by atoms with Gasteiger partial charge in [-0.05, 0) is 20.3 Å². The number of aliphatic hydroxyl groups is 13. The highest BCUT2D eigenvalue weighted by Gasteiger charge is 2.59. The predicted molar refractivity (Wildman–Crippen MR) is 363 cm³/mol. The zero-order valence-corrected chi connectivity index (χ0v) is 63.1. The van der Waals surface area contributed by atoms with E-state index in [0.29, 0.717) is 19.6 Å². The van der Waals surface area contributed by atoms with Crippen molar-refractivity contribution < 1.29 is 194 Å². The first-order valence-electron chi connectivity index (χ1n) is 37.2. The third-order valence-electron chi connectivity index (χ3n) is 18.5. The van der Waals surface area contributed by atoms with Gasteiger partial charge < -0.3 is 194 Å². The van der Waals surface area contributed by atoms with E-state index in [2.05, 4.69) is 0 Å². The average Bonchev–Trinajstić information content (AvgIpc) is 0.772. The molecule has 0 spiro atoms. The zero-order valence-electron chi connectivity index (χ0n) is 63.1. The lowest BCUT2D eigenvalue weighted by molar-refractivity contribution is -0.399. The summed E-state index contributed by atoms with van der Waals surface area (Å²) in [5, 5.41) is 145. The van der Waals surface area contributed by atoms with Gasteiger partial charge in [0.2, 0.25) is 0 Å². The molecule has 13 N–H and O–H groups in total. The van der Waals surface area contributed by atoms with E-state index in [-0.39, 0.29) is 159 Å². The summed E-state index contributed by atoms with van der Waals surface area (Å²) in [6.45, 7) is 3.85. The lowest BCUT2D eigenvalue weighted by Gasteiger charge is -2.51. The van der Waals surface area contributed by atoms with Gasteiger partial charge in [-0.25, -0.2) is 0 Å². The number of ether oxygens (including phenoxy) is 27. The van der Waals surface area contributed by atoms with Gasteiger partial charge in [0.15, 0.2) is 31.5 Å². The van der Waals surface area contributed by atoms with Gasteiger partial charge >= 0.3 is 0 Å². The first-order valence-corrected chi connectivity index (χ1v) is 37.2. The first kappa shape index (κ1) is 95.2. The van der Waals surface area contributed by atoms with Crippen molar-refractivity contribution in [1.82, 2.24) is 0 Å². The Hall–Kier alpha value is -1.60. The summed E-state index contributed by atoms with van der Waals surface area (Å²) in [4.78, 5) is 0. The van der Waals surface area contributed by atoms with Crippen LogP contribution in [0.15, 0.2) is 0 Å². The van der Waals surface area contributed by atoms with Gasteiger partial charge in [-0.2, -0.15) is 0 Å². The minimum atomic E-state index is -2.09. The van der Waals surface area contributed by atoms with Gasteiger partial charge in [0, 0.05) is 40.5 Å². The molecule has 30 atom stereocenters. The summed E-state index contributed by atoms with van der Waals surface area (Å²) in [6.07, 6.45) is -42.7. The molecular formula is C68H126O40. The molecule has 0 saturated carbocycles. The van der Waals surface area contributed by atoms with Crippen LogP contribution in [0.25, 0.3) is 0 Å². The Morgan fingerprint density at radius 1 is 0.269 bits per heavy atom. The third-order valence-corrected chi connectivity index (χ3v) is 18.5. The molecule has 0 aromatic heterocycles. The Bertz CT molecular complexity index is 2240. The maximum atomic E-state index is 12.6. The highest BCUT2D eigenvalue weighted by molar-refractivity contribution is 5.02. The minimum absolute atomic E-state index is 0.000554. The van der Waals surface area contributed by atoms with E-state index in [1.165, 1.54) is 21.3 Å². The number of hydrogen-bond donors (Lipinski definition) is 13. The van der Waals surface area contributed by atoms with Crippen molar-refractivity contribution in [2.45, 2.75) is 212 Å². The van der Waals surface area contributed by atoms with E-state index < -0.39 is 210 Å². The molecule has 0 radical (unpaired) electrons. The highest BCUT2D eigenvalue weighted by atomic mass is 16.8. The summed E-state index contributed by atoms with van der Waals surface area (Å²) < 4.78 is 163. The van der Waals surface area contributed by atoms with E-state index in [9.17, 15) is 66.4 Å². The zero-order chi connectivity index (χ0) is 78.3. The second-order valence-electron chi connectivity index (χ2n) is 26.1. The molecule has 6 fully saturated rings. The molecule has 40 heteroatoms. The van der Waals surface area contributed by atoms with Crippen molar-refractivity contribution in [3.05, 3.63) is 0 Å². The maximum Gasteiger partial charge on any atom is 0.187 e. The van der Waals surface area contributed by atoms with E-state index in [4.69, 9.17) is 128 Å². The van der Waals surface area contributed by atoms with E-state index >= 15 is 0 Å². The fourth-order valence-corrected chi connectivity index (χ4v) is 12.9. The van der Waals surface area contributed by atoms with Crippen LogP contribution in [0.2, 0.25) is 0 Å². The predicted octanol–water partition coefficient (Wildman–Crippen LogP) is -7.13. The van der Waals surface area contributed by atoms with Crippen LogP contribution < -0.4 is 0 Å². The van der Waals surface area contributed by atoms with Gasteiger partial charge in [0.1, 0.15) is 128 Å². The number of aliphatic hydroxyl groups excluding tert-OH is 13. The van der Waals surface area contributed by atoms with E-state index in [1.807, 2.05) is 6.92 Å². The molecule has 6 aliphatic heterocycles. The van der Waals surface area contributed by atoms with Crippen LogP contribution in [0.3, 0.4) is 0 Å². The van der Waals surface area contributed by atoms with Crippen LogP contribution in [-0.4, -0.2) is 464 Å². The number of methoxy groups -OCH3 is 3. The third kappa shape index (κ3) is 28.9. The summed E-state index contributed by atoms with van der Waals surface area (Å²) >= 11 is 0. The molecule has 638 valence electrons. The van der Waals surface area contributed by atoms with Crippen molar-refractivity contribution in [2.24, 2.45) is 5.92 Å². The van der Waals surface area contributed by atoms with Crippen LogP contribution in [0.1, 0.15) is 34.1 Å². The average molecular weight is 1580 g/mol. The molecule has 0 bridgehead atoms. The topological polar surface area (TPSA) is 512 Å². The van der Waals surface area contributed by atoms with Crippen LogP contribution in [0, 0.1) is 5.92 Å². The molecule has 6 aliphatic rings. The van der Waals surface area contributed by atoms with E-state index in [0.717, 1.165) is 0 Å². The summed E-state index contributed by atoms with van der Waals surface area (Å²) in [6, 6.07) is 0. The highest BCUT2D eigenvalue weighted by Crippen LogP contribution is 2.40. The smallest absolute Gasteiger partial charge is 0.187 e. The molecule has 0 aliphatic carbocycles. The lowest BCUT2D eigenvalue weighted by Crippen LogP contribution is -2.68. The normalized spacial score (nSPS) is 37.7. The van der Waals surface area contributed by atoms with E-state index in [1.54, 1.807) is 20.8 Å². The Labute approximate surface area is 630 Å². The monoisotopic (exact) mass is 1580 g/mol. The number of hydrogen-bond acceptors (Lipinski definition) is 40. The van der Waals surface area contributed by atoms with Crippen molar-refractivity contribution >= 4 is 0 Å². The molecule has 0 aromatic rings. The van der Waals surface area contributed by atoms with Crippen LogP contribution in [0.5, 0.6) is 0 Å². The van der Waals surface area contributed by atoms with Gasteiger partial charge in [-0.1, -0.05) is 13.8 Å². The van der Waals surface area contributed by atoms with Crippen LogP contribution in [-0.2, 0) is 128 Å². The Morgan fingerprint density at radius 2 is 0.611 bits per heavy atom. The second-order valence-corrected chi connectivity index (χ2v) is 26.1. The Morgan fingerprint density at radius 3 is 1.09 bits per heavy atom. The number of rotatable bonds is 57.